The number of hydrogen-bond donors (Lipinski definition) is 1. The first-order chi connectivity index (χ1) is 6.83. The fraction of sp³-hybridized carbons (Fsp3) is 0. The Bertz CT molecular complexity index is 492. The molecule has 2 N–H and O–H groups in total. The van der Waals surface area contributed by atoms with Crippen LogP contribution in [-0.4, -0.2) is 11.3 Å². The van der Waals surface area contributed by atoms with Crippen molar-refractivity contribution in [2.45, 2.75) is 0 Å². The Morgan fingerprint density at radius 3 is 2.71 bits per heavy atom. The Morgan fingerprint density at radius 2 is 1.93 bits per heavy atom. The molecule has 0 amide bonds. The predicted octanol–water partition coefficient (Wildman–Crippen LogP) is 2.16. The summed E-state index contributed by atoms with van der Waals surface area (Å²) in [5.41, 5.74) is 0.595. The highest BCUT2D eigenvalue weighted by atomic mass is 16.3. The largest absolute Gasteiger partial charge is 0.507 e. The van der Waals surface area contributed by atoms with Gasteiger partial charge in [-0.15, -0.1) is 0 Å². The van der Waals surface area contributed by atoms with Crippen molar-refractivity contribution < 1.29 is 5.11 Å². The second-order valence-corrected chi connectivity index (χ2v) is 2.98. The van der Waals surface area contributed by atoms with Crippen LogP contribution >= 0.6 is 0 Å². The van der Waals surface area contributed by atoms with Crippen LogP contribution < -0.4 is 5.84 Å². The lowest BCUT2D eigenvalue weighted by molar-refractivity contribution is 0.475. The molecule has 2 aromatic carbocycles. The number of aromatic hydroxyl groups is 1. The Balaban J connectivity index is 2.82. The topological polar surface area (TPSA) is 56.4 Å². The Hall–Kier alpha value is -2.03. The number of benzene rings is 2. The van der Waals surface area contributed by atoms with Gasteiger partial charge in [-0.3, -0.25) is 0 Å². The van der Waals surface area contributed by atoms with Gasteiger partial charge in [-0.25, -0.2) is 5.84 Å². The fourth-order valence-electron chi connectivity index (χ4n) is 1.48. The second-order valence-electron chi connectivity index (χ2n) is 2.98. The van der Waals surface area contributed by atoms with Crippen LogP contribution in [0.25, 0.3) is 10.8 Å². The lowest BCUT2D eigenvalue weighted by atomic mass is 10.0. The number of rotatable bonds is 1. The molecule has 0 aliphatic carbocycles. The van der Waals surface area contributed by atoms with Crippen LogP contribution in [0, 0.1) is 0 Å². The van der Waals surface area contributed by atoms with Gasteiger partial charge in [0.25, 0.3) is 0 Å². The summed E-state index contributed by atoms with van der Waals surface area (Å²) < 4.78 is 0. The highest BCUT2D eigenvalue weighted by Gasteiger charge is 2.03. The average molecular weight is 185 g/mol. The van der Waals surface area contributed by atoms with Crippen molar-refractivity contribution in [1.29, 1.82) is 0 Å². The normalized spacial score (nSPS) is 11.1. The Kier molecular flexibility index (Phi) is 2.07. The first-order valence-electron chi connectivity index (χ1n) is 4.23. The molecule has 14 heavy (non-hydrogen) atoms. The van der Waals surface area contributed by atoms with Crippen molar-refractivity contribution in [2.24, 2.45) is 5.10 Å². The monoisotopic (exact) mass is 185 g/mol. The van der Waals surface area contributed by atoms with Gasteiger partial charge in [0.2, 0.25) is 0 Å². The average Bonchev–Trinajstić information content (AvgIpc) is 2.23. The summed E-state index contributed by atoms with van der Waals surface area (Å²) >= 11 is 0. The smallest absolute Gasteiger partial charge is 0.125 e. The molecular weight excluding hydrogens is 176 g/mol. The predicted molar refractivity (Wildman–Crippen MR) is 56.3 cm³/mol. The summed E-state index contributed by atoms with van der Waals surface area (Å²) in [6.07, 6.45) is 1.34. The van der Waals surface area contributed by atoms with Crippen molar-refractivity contribution in [3.05, 3.63) is 42.0 Å². The van der Waals surface area contributed by atoms with Crippen molar-refractivity contribution in [3.8, 4) is 5.75 Å². The molecule has 1 radical (unpaired) electrons. The third-order valence-corrected chi connectivity index (χ3v) is 2.14. The highest BCUT2D eigenvalue weighted by molar-refractivity contribution is 6.02. The van der Waals surface area contributed by atoms with Crippen LogP contribution in [0.2, 0.25) is 0 Å². The zero-order chi connectivity index (χ0) is 9.97. The molecule has 3 nitrogen and oxygen atoms in total. The van der Waals surface area contributed by atoms with Gasteiger partial charge in [-0.05, 0) is 16.8 Å². The quantitative estimate of drug-likeness (QED) is 0.537. The first kappa shape index (κ1) is 8.56. The van der Waals surface area contributed by atoms with Gasteiger partial charge in [0.05, 0.1) is 6.21 Å². The van der Waals surface area contributed by atoms with Gasteiger partial charge in [-0.1, -0.05) is 30.3 Å². The van der Waals surface area contributed by atoms with Crippen molar-refractivity contribution in [3.63, 3.8) is 0 Å². The molecule has 69 valence electrons. The van der Waals surface area contributed by atoms with Crippen LogP contribution in [0.5, 0.6) is 5.75 Å². The molecule has 0 bridgehead atoms. The maximum Gasteiger partial charge on any atom is 0.125 e. The molecule has 0 saturated carbocycles. The third-order valence-electron chi connectivity index (χ3n) is 2.14. The van der Waals surface area contributed by atoms with Crippen molar-refractivity contribution >= 4 is 17.0 Å². The molecule has 0 heterocycles. The number of nitrogens with one attached hydrogen (secondary N) is 1. The number of fused-ring (bicyclic) bond motifs is 1. The van der Waals surface area contributed by atoms with E-state index in [4.69, 9.17) is 5.84 Å². The standard InChI is InChI=1S/C11H9N2O/c12-13-7-10-9-4-2-1-3-8(9)5-6-11(10)14/h1-7,12,14H/b13-7+. The van der Waals surface area contributed by atoms with E-state index in [0.717, 1.165) is 10.8 Å². The van der Waals surface area contributed by atoms with E-state index in [1.165, 1.54) is 6.21 Å². The molecule has 0 unspecified atom stereocenters. The minimum atomic E-state index is 0.153. The van der Waals surface area contributed by atoms with Gasteiger partial charge in [-0.2, -0.15) is 5.10 Å². The van der Waals surface area contributed by atoms with Crippen LogP contribution in [-0.2, 0) is 0 Å². The Labute approximate surface area is 81.5 Å². The summed E-state index contributed by atoms with van der Waals surface area (Å²) in [7, 11) is 0. The molecule has 0 atom stereocenters. The van der Waals surface area contributed by atoms with E-state index >= 15 is 0 Å². The summed E-state index contributed by atoms with van der Waals surface area (Å²) in [6, 6.07) is 11.1. The van der Waals surface area contributed by atoms with E-state index in [-0.39, 0.29) is 5.75 Å². The summed E-state index contributed by atoms with van der Waals surface area (Å²) in [5.74, 6) is 6.92. The molecule has 0 saturated heterocycles. The summed E-state index contributed by atoms with van der Waals surface area (Å²) in [6.45, 7) is 0. The maximum absolute atomic E-state index is 9.57. The van der Waals surface area contributed by atoms with E-state index in [1.54, 1.807) is 6.07 Å². The molecule has 0 aromatic heterocycles. The summed E-state index contributed by atoms with van der Waals surface area (Å²) in [4.78, 5) is 0. The SMILES string of the molecule is [NH]/N=C/c1c(O)ccc2ccccc12. The van der Waals surface area contributed by atoms with Crippen LogP contribution in [0.15, 0.2) is 41.5 Å². The third kappa shape index (κ3) is 1.29. The molecule has 0 fully saturated rings. The fourth-order valence-corrected chi connectivity index (χ4v) is 1.48. The van der Waals surface area contributed by atoms with Crippen molar-refractivity contribution in [1.82, 2.24) is 5.84 Å². The van der Waals surface area contributed by atoms with Crippen LogP contribution in [0.3, 0.4) is 0 Å². The van der Waals surface area contributed by atoms with Gasteiger partial charge >= 0.3 is 0 Å². The number of phenolic OH excluding ortho intramolecular Hbond substituents is 1. The minimum Gasteiger partial charge on any atom is -0.507 e. The minimum absolute atomic E-state index is 0.153. The highest BCUT2D eigenvalue weighted by Crippen LogP contribution is 2.25. The first-order valence-corrected chi connectivity index (χ1v) is 4.23. The van der Waals surface area contributed by atoms with Crippen LogP contribution in [0.1, 0.15) is 5.56 Å². The zero-order valence-electron chi connectivity index (χ0n) is 7.44. The molecular formula is C11H9N2O. The molecule has 2 aromatic rings. The Morgan fingerprint density at radius 1 is 1.14 bits per heavy atom. The number of phenols is 1. The van der Waals surface area contributed by atoms with E-state index in [9.17, 15) is 5.11 Å². The van der Waals surface area contributed by atoms with Gasteiger partial charge in [0.1, 0.15) is 5.75 Å². The second kappa shape index (κ2) is 3.38. The van der Waals surface area contributed by atoms with Crippen LogP contribution in [0.4, 0.5) is 0 Å². The van der Waals surface area contributed by atoms with Gasteiger partial charge in [0.15, 0.2) is 0 Å². The lowest BCUT2D eigenvalue weighted by Gasteiger charge is -2.03. The lowest BCUT2D eigenvalue weighted by Crippen LogP contribution is -1.85. The number of hydrogen-bond acceptors (Lipinski definition) is 2. The van der Waals surface area contributed by atoms with E-state index in [0.29, 0.717) is 5.56 Å². The molecule has 2 rings (SSSR count). The number of nitrogens with zero attached hydrogens (tertiary/aromatic N) is 1. The van der Waals surface area contributed by atoms with E-state index < -0.39 is 0 Å². The van der Waals surface area contributed by atoms with E-state index in [1.807, 2.05) is 30.3 Å². The van der Waals surface area contributed by atoms with E-state index in [2.05, 4.69) is 5.10 Å². The maximum atomic E-state index is 9.57. The summed E-state index contributed by atoms with van der Waals surface area (Å²) in [5, 5.41) is 14.7. The molecule has 3 heteroatoms. The molecule has 0 aliphatic rings. The van der Waals surface area contributed by atoms with Crippen molar-refractivity contribution in [2.75, 3.05) is 0 Å². The molecule has 0 aliphatic heterocycles. The zero-order valence-corrected chi connectivity index (χ0v) is 7.44. The van der Waals surface area contributed by atoms with Gasteiger partial charge in [0, 0.05) is 5.56 Å². The van der Waals surface area contributed by atoms with Gasteiger partial charge < -0.3 is 5.11 Å². The molecule has 0 spiro atoms.